The minimum atomic E-state index is -3.97. The maximum atomic E-state index is 7.93. The molecule has 8 fully saturated rings. The number of rotatable bonds is 17. The molecule has 7 saturated heterocycles. The molecular weight excluding hydrogens is 865 g/mol. The maximum absolute atomic E-state index is 7.93. The summed E-state index contributed by atoms with van der Waals surface area (Å²) >= 11 is 0. The van der Waals surface area contributed by atoms with E-state index in [1.54, 1.807) is 0 Å². The fourth-order valence-corrected chi connectivity index (χ4v) is 61.8. The Morgan fingerprint density at radius 2 is 0.614 bits per heavy atom. The first-order valence-electron chi connectivity index (χ1n) is 22.5. The third-order valence-corrected chi connectivity index (χ3v) is 51.4. The van der Waals surface area contributed by atoms with Crippen molar-refractivity contribution in [2.45, 2.75) is 189 Å². The van der Waals surface area contributed by atoms with Crippen LogP contribution < -0.4 is 0 Å². The number of fused-ring (bicyclic) bond motifs is 1. The summed E-state index contributed by atoms with van der Waals surface area (Å²) in [5.41, 5.74) is -0.209. The van der Waals surface area contributed by atoms with E-state index in [-0.39, 0.29) is 53.1 Å². The molecule has 0 amide bonds. The van der Waals surface area contributed by atoms with Gasteiger partial charge in [-0.2, -0.15) is 0 Å². The molecule has 1 aliphatic carbocycles. The molecule has 8 bridgehead atoms. The summed E-state index contributed by atoms with van der Waals surface area (Å²) in [5, 5.41) is 0. The summed E-state index contributed by atoms with van der Waals surface area (Å²) in [6.45, 7) is 30.6. The number of hydrogen-bond donors (Lipinski definition) is 0. The zero-order valence-electron chi connectivity index (χ0n) is 37.6. The van der Waals surface area contributed by atoms with Gasteiger partial charge in [-0.25, -0.2) is 0 Å². The van der Waals surface area contributed by atoms with Crippen molar-refractivity contribution in [3.05, 3.63) is 0 Å². The highest BCUT2D eigenvalue weighted by Gasteiger charge is 2.83. The Labute approximate surface area is 353 Å². The molecule has 0 radical (unpaired) electrons. The zero-order valence-corrected chi connectivity index (χ0v) is 45.6. The molecule has 330 valence electrons. The summed E-state index contributed by atoms with van der Waals surface area (Å²) in [7, 11) is -31.3. The molecule has 0 aromatic heterocycles. The van der Waals surface area contributed by atoms with Crippen molar-refractivity contribution < 1.29 is 54.1 Å². The van der Waals surface area contributed by atoms with Crippen LogP contribution in [-0.4, -0.2) is 82.1 Å². The Morgan fingerprint density at radius 1 is 0.368 bits per heavy atom. The minimum absolute atomic E-state index is 0.134. The van der Waals surface area contributed by atoms with Gasteiger partial charge in [0.1, 0.15) is 0 Å². The summed E-state index contributed by atoms with van der Waals surface area (Å²) in [6.07, 6.45) is 5.42. The van der Waals surface area contributed by atoms with Crippen LogP contribution in [0.2, 0.25) is 48.4 Å². The van der Waals surface area contributed by atoms with E-state index < -0.39 is 70.4 Å². The number of hydrogen-bond acceptors (Lipinski definition) is 13. The Hall–Kier alpha value is 1.22. The second-order valence-electron chi connectivity index (χ2n) is 21.3. The molecular formula is C36H76O13Si8. The van der Waals surface area contributed by atoms with Gasteiger partial charge in [0.15, 0.2) is 0 Å². The van der Waals surface area contributed by atoms with Crippen LogP contribution in [0.25, 0.3) is 0 Å². The van der Waals surface area contributed by atoms with E-state index >= 15 is 0 Å². The largest absolute Gasteiger partial charge is 0.479 e. The van der Waals surface area contributed by atoms with Crippen LogP contribution in [0.4, 0.5) is 0 Å². The van der Waals surface area contributed by atoms with Crippen LogP contribution in [0, 0.1) is 41.4 Å². The van der Waals surface area contributed by atoms with Crippen LogP contribution >= 0.6 is 0 Å². The average Bonchev–Trinajstić information content (AvgIpc) is 3.68. The SMILES string of the molecule is CC(C)C[Si]12O[Si]3(CCC45CCCCC4O5)O[Si]4(CC(C)C)O[Si](CC(C)C)(O1)O[Si]1(CC(C)C)O[Si](CC(C)C)(O2)O[Si](CC(C)C)(O3)O[Si](CC(C)C)(O4)O1. The first-order valence-corrected chi connectivity index (χ1v) is 38.0. The molecule has 8 rings (SSSR count). The molecule has 7 aliphatic heterocycles. The zero-order chi connectivity index (χ0) is 41.5. The molecule has 0 N–H and O–H groups in total. The van der Waals surface area contributed by atoms with E-state index in [2.05, 4.69) is 96.9 Å². The van der Waals surface area contributed by atoms with Crippen molar-refractivity contribution in [1.29, 1.82) is 0 Å². The van der Waals surface area contributed by atoms with Crippen LogP contribution in [0.15, 0.2) is 0 Å². The lowest BCUT2D eigenvalue weighted by Gasteiger charge is -2.64. The molecule has 21 heteroatoms. The molecule has 2 atom stereocenters. The van der Waals surface area contributed by atoms with E-state index in [1.165, 1.54) is 6.42 Å². The predicted octanol–water partition coefficient (Wildman–Crippen LogP) is 9.46. The fraction of sp³-hybridized carbons (Fsp3) is 1.00. The highest BCUT2D eigenvalue weighted by Crippen LogP contribution is 2.58. The molecule has 8 aliphatic rings. The van der Waals surface area contributed by atoms with Crippen molar-refractivity contribution >= 4 is 70.4 Å². The van der Waals surface area contributed by atoms with Crippen LogP contribution in [0.5, 0.6) is 0 Å². The maximum Gasteiger partial charge on any atom is 0.479 e. The summed E-state index contributed by atoms with van der Waals surface area (Å²) in [4.78, 5) is 0. The van der Waals surface area contributed by atoms with Gasteiger partial charge in [-0.1, -0.05) is 110 Å². The van der Waals surface area contributed by atoms with Gasteiger partial charge in [0, 0.05) is 48.4 Å². The van der Waals surface area contributed by atoms with E-state index in [0.29, 0.717) is 48.4 Å². The molecule has 0 aromatic rings. The fourth-order valence-electron chi connectivity index (χ4n) is 10.1. The van der Waals surface area contributed by atoms with Crippen molar-refractivity contribution in [1.82, 2.24) is 0 Å². The first-order chi connectivity index (χ1) is 26.4. The van der Waals surface area contributed by atoms with Gasteiger partial charge in [0.05, 0.1) is 11.7 Å². The predicted molar refractivity (Wildman–Crippen MR) is 232 cm³/mol. The molecule has 57 heavy (non-hydrogen) atoms. The Kier molecular flexibility index (Phi) is 13.2. The van der Waals surface area contributed by atoms with Crippen molar-refractivity contribution in [2.75, 3.05) is 0 Å². The molecule has 0 aromatic carbocycles. The van der Waals surface area contributed by atoms with E-state index in [4.69, 9.17) is 54.1 Å². The monoisotopic (exact) mass is 940 g/mol. The van der Waals surface area contributed by atoms with E-state index in [1.807, 2.05) is 0 Å². The lowest BCUT2D eigenvalue weighted by Crippen LogP contribution is -2.88. The molecule has 2 unspecified atom stereocenters. The van der Waals surface area contributed by atoms with Crippen LogP contribution in [0.1, 0.15) is 129 Å². The highest BCUT2D eigenvalue weighted by molar-refractivity contribution is 7.03. The van der Waals surface area contributed by atoms with Crippen LogP contribution in [0.3, 0.4) is 0 Å². The average molecular weight is 942 g/mol. The Bertz CT molecular complexity index is 1290. The van der Waals surface area contributed by atoms with Gasteiger partial charge >= 0.3 is 70.4 Å². The smallest absolute Gasteiger partial charge is 0.373 e. The molecule has 1 saturated carbocycles. The highest BCUT2D eigenvalue weighted by atomic mass is 28.6. The second-order valence-corrected chi connectivity index (χ2v) is 45.4. The quantitative estimate of drug-likeness (QED) is 0.102. The number of epoxide rings is 1. The third kappa shape index (κ3) is 9.98. The Morgan fingerprint density at radius 3 is 0.842 bits per heavy atom. The van der Waals surface area contributed by atoms with Gasteiger partial charge < -0.3 is 54.1 Å². The summed E-state index contributed by atoms with van der Waals surface area (Å²) in [6, 6.07) is 4.02. The molecule has 0 spiro atoms. The lowest BCUT2D eigenvalue weighted by atomic mass is 9.87. The minimum Gasteiger partial charge on any atom is -0.373 e. The molecule has 7 heterocycles. The van der Waals surface area contributed by atoms with Gasteiger partial charge in [-0.05, 0) is 60.7 Å². The standard InChI is InChI=1S/C36H76O13Si8/c1-28(2)21-51-38-50(20-19-36-18-16-15-17-35(36)37-36)39-52(22-29(3)4)43-54(41-51,24-31(7)8)47-57(27-34(13)14)48-55(42-51,25-32(9)10)44-53(40-50,23-30(5)6)46-56(45-52,49-57)26-33(11)12/h28-35H,15-27H2,1-14H3. The normalized spacial score (nSPS) is 45.3. The van der Waals surface area contributed by atoms with Gasteiger partial charge in [-0.3, -0.25) is 0 Å². The van der Waals surface area contributed by atoms with E-state index in [9.17, 15) is 0 Å². The first kappa shape index (κ1) is 46.2. The Balaban J connectivity index is 1.55. The van der Waals surface area contributed by atoms with Gasteiger partial charge in [0.25, 0.3) is 0 Å². The van der Waals surface area contributed by atoms with Gasteiger partial charge in [-0.15, -0.1) is 0 Å². The summed E-state index contributed by atoms with van der Waals surface area (Å²) < 4.78 is 101. The van der Waals surface area contributed by atoms with Crippen molar-refractivity contribution in [2.24, 2.45) is 41.4 Å². The van der Waals surface area contributed by atoms with Crippen molar-refractivity contribution in [3.63, 3.8) is 0 Å². The van der Waals surface area contributed by atoms with Crippen molar-refractivity contribution in [3.8, 4) is 0 Å². The third-order valence-electron chi connectivity index (χ3n) is 11.4. The van der Waals surface area contributed by atoms with E-state index in [0.717, 1.165) is 25.7 Å². The topological polar surface area (TPSA) is 123 Å². The summed E-state index contributed by atoms with van der Waals surface area (Å²) in [5.74, 6) is 0.959. The van der Waals surface area contributed by atoms with Crippen LogP contribution in [-0.2, 0) is 54.1 Å². The lowest BCUT2D eigenvalue weighted by molar-refractivity contribution is -0.0345. The molecule has 13 nitrogen and oxygen atoms in total. The number of ether oxygens (including phenoxy) is 1. The second kappa shape index (κ2) is 16.3. The van der Waals surface area contributed by atoms with Gasteiger partial charge in [0.2, 0.25) is 0 Å².